The van der Waals surface area contributed by atoms with Gasteiger partial charge in [-0.25, -0.2) is 0 Å². The van der Waals surface area contributed by atoms with Gasteiger partial charge in [0, 0.05) is 36.6 Å². The molecule has 0 aromatic heterocycles. The fourth-order valence-corrected chi connectivity index (χ4v) is 4.57. The maximum atomic E-state index is 2.74. The van der Waals surface area contributed by atoms with Gasteiger partial charge in [0.2, 0.25) is 0 Å². The molecule has 3 rings (SSSR count). The van der Waals surface area contributed by atoms with Crippen LogP contribution in [0.3, 0.4) is 0 Å². The summed E-state index contributed by atoms with van der Waals surface area (Å²) in [6, 6.07) is 10.1. The van der Waals surface area contributed by atoms with E-state index in [2.05, 4.69) is 80.8 Å². The van der Waals surface area contributed by atoms with Crippen LogP contribution in [0.25, 0.3) is 0 Å². The Morgan fingerprint density at radius 2 is 1.50 bits per heavy atom. The molecule has 0 unspecified atom stereocenters. The molecular weight excluding hydrogens is 318 g/mol. The lowest BCUT2D eigenvalue weighted by Crippen LogP contribution is -2.69. The standard InChI is InChI=1S/C23H39N3/c1-22(2,20-12-10-19(11-13-20)16-24(5)6)23(3,4)26-17-21(18-26)25-14-8-7-9-15-25/h10-13,21H,7-9,14-18H2,1-6H3. The molecule has 1 aromatic rings. The molecule has 0 saturated carbocycles. The van der Waals surface area contributed by atoms with E-state index >= 15 is 0 Å². The molecule has 0 radical (unpaired) electrons. The van der Waals surface area contributed by atoms with E-state index in [0.29, 0.717) is 0 Å². The van der Waals surface area contributed by atoms with Crippen molar-refractivity contribution < 1.29 is 0 Å². The van der Waals surface area contributed by atoms with Crippen molar-refractivity contribution in [2.45, 2.75) is 70.5 Å². The van der Waals surface area contributed by atoms with E-state index in [1.807, 2.05) is 0 Å². The van der Waals surface area contributed by atoms with Gasteiger partial charge in [-0.3, -0.25) is 9.80 Å². The lowest BCUT2D eigenvalue weighted by Gasteiger charge is -2.58. The van der Waals surface area contributed by atoms with Gasteiger partial charge in [0.05, 0.1) is 0 Å². The van der Waals surface area contributed by atoms with Crippen molar-refractivity contribution in [3.63, 3.8) is 0 Å². The van der Waals surface area contributed by atoms with Gasteiger partial charge in [0.25, 0.3) is 0 Å². The van der Waals surface area contributed by atoms with E-state index < -0.39 is 0 Å². The maximum absolute atomic E-state index is 2.74. The average Bonchev–Trinajstić information content (AvgIpc) is 2.54. The summed E-state index contributed by atoms with van der Waals surface area (Å²) in [6.07, 6.45) is 4.21. The molecule has 2 fully saturated rings. The van der Waals surface area contributed by atoms with Crippen LogP contribution in [0.15, 0.2) is 24.3 Å². The Balaban J connectivity index is 1.65. The van der Waals surface area contributed by atoms with Crippen LogP contribution >= 0.6 is 0 Å². The highest BCUT2D eigenvalue weighted by Crippen LogP contribution is 2.41. The molecule has 1 aromatic carbocycles. The minimum Gasteiger partial charge on any atom is -0.305 e. The largest absolute Gasteiger partial charge is 0.305 e. The summed E-state index contributed by atoms with van der Waals surface area (Å²) < 4.78 is 0. The van der Waals surface area contributed by atoms with Crippen molar-refractivity contribution in [1.29, 1.82) is 0 Å². The van der Waals surface area contributed by atoms with Crippen molar-refractivity contribution >= 4 is 0 Å². The zero-order chi connectivity index (χ0) is 18.9. The monoisotopic (exact) mass is 357 g/mol. The second-order valence-corrected chi connectivity index (χ2v) is 9.77. The minimum absolute atomic E-state index is 0.122. The van der Waals surface area contributed by atoms with E-state index in [4.69, 9.17) is 0 Å². The minimum atomic E-state index is 0.122. The summed E-state index contributed by atoms with van der Waals surface area (Å²) in [5.41, 5.74) is 3.12. The van der Waals surface area contributed by atoms with Gasteiger partial charge in [0.15, 0.2) is 0 Å². The zero-order valence-corrected chi connectivity index (χ0v) is 17.9. The predicted molar refractivity (Wildman–Crippen MR) is 112 cm³/mol. The molecule has 0 amide bonds. The molecule has 0 aliphatic carbocycles. The number of rotatable bonds is 6. The zero-order valence-electron chi connectivity index (χ0n) is 17.9. The second-order valence-electron chi connectivity index (χ2n) is 9.77. The lowest BCUT2D eigenvalue weighted by molar-refractivity contribution is -0.0613. The summed E-state index contributed by atoms with van der Waals surface area (Å²) in [4.78, 5) is 7.67. The quantitative estimate of drug-likeness (QED) is 0.762. The first kappa shape index (κ1) is 19.9. The van der Waals surface area contributed by atoms with Gasteiger partial charge in [-0.1, -0.05) is 44.5 Å². The molecule has 3 heteroatoms. The van der Waals surface area contributed by atoms with Gasteiger partial charge in [-0.05, 0) is 65.0 Å². The lowest BCUT2D eigenvalue weighted by atomic mass is 9.67. The highest BCUT2D eigenvalue weighted by Gasteiger charge is 2.48. The smallest absolute Gasteiger partial charge is 0.0350 e. The van der Waals surface area contributed by atoms with Crippen LogP contribution in [0.2, 0.25) is 0 Å². The summed E-state index contributed by atoms with van der Waals surface area (Å²) in [5, 5.41) is 0. The van der Waals surface area contributed by atoms with E-state index in [1.54, 1.807) is 0 Å². The van der Waals surface area contributed by atoms with E-state index in [0.717, 1.165) is 12.6 Å². The summed E-state index contributed by atoms with van der Waals surface area (Å²) in [5.74, 6) is 0. The molecule has 26 heavy (non-hydrogen) atoms. The summed E-state index contributed by atoms with van der Waals surface area (Å²) in [7, 11) is 4.26. The third kappa shape index (κ3) is 3.85. The van der Waals surface area contributed by atoms with Crippen LogP contribution in [0.5, 0.6) is 0 Å². The Morgan fingerprint density at radius 1 is 0.923 bits per heavy atom. The van der Waals surface area contributed by atoms with Crippen molar-refractivity contribution in [2.75, 3.05) is 40.3 Å². The van der Waals surface area contributed by atoms with Gasteiger partial charge in [0.1, 0.15) is 0 Å². The van der Waals surface area contributed by atoms with E-state index in [9.17, 15) is 0 Å². The Kier molecular flexibility index (Phi) is 5.81. The van der Waals surface area contributed by atoms with Crippen LogP contribution in [0.4, 0.5) is 0 Å². The number of likely N-dealkylation sites (tertiary alicyclic amines) is 2. The van der Waals surface area contributed by atoms with Gasteiger partial charge < -0.3 is 4.90 Å². The fraction of sp³-hybridized carbons (Fsp3) is 0.739. The van der Waals surface area contributed by atoms with E-state index in [1.165, 1.54) is 56.6 Å². The molecule has 2 heterocycles. The normalized spacial score (nSPS) is 21.2. The molecule has 2 aliphatic rings. The van der Waals surface area contributed by atoms with Crippen LogP contribution in [-0.2, 0) is 12.0 Å². The van der Waals surface area contributed by atoms with Crippen LogP contribution in [0, 0.1) is 0 Å². The molecule has 0 spiro atoms. The van der Waals surface area contributed by atoms with Crippen LogP contribution in [-0.4, -0.2) is 66.6 Å². The number of hydrogen-bond donors (Lipinski definition) is 0. The fourth-order valence-electron chi connectivity index (χ4n) is 4.57. The average molecular weight is 358 g/mol. The number of hydrogen-bond acceptors (Lipinski definition) is 3. The van der Waals surface area contributed by atoms with Crippen molar-refractivity contribution in [1.82, 2.24) is 14.7 Å². The Bertz CT molecular complexity index is 576. The molecule has 0 bridgehead atoms. The van der Waals surface area contributed by atoms with Crippen LogP contribution in [0.1, 0.15) is 58.1 Å². The first-order valence-electron chi connectivity index (χ1n) is 10.4. The third-order valence-electron chi connectivity index (χ3n) is 7.26. The Hall–Kier alpha value is -0.900. The van der Waals surface area contributed by atoms with Crippen molar-refractivity contribution in [3.8, 4) is 0 Å². The summed E-state index contributed by atoms with van der Waals surface area (Å²) >= 11 is 0. The first-order chi connectivity index (χ1) is 12.2. The molecule has 0 N–H and O–H groups in total. The SMILES string of the molecule is CN(C)Cc1ccc(C(C)(C)C(C)(C)N2CC(N3CCCCC3)C2)cc1. The Morgan fingerprint density at radius 3 is 2.04 bits per heavy atom. The van der Waals surface area contributed by atoms with Crippen molar-refractivity contribution in [2.24, 2.45) is 0 Å². The topological polar surface area (TPSA) is 9.72 Å². The highest BCUT2D eigenvalue weighted by molar-refractivity contribution is 5.32. The Labute approximate surface area is 161 Å². The number of nitrogens with zero attached hydrogens (tertiary/aromatic N) is 3. The maximum Gasteiger partial charge on any atom is 0.0350 e. The van der Waals surface area contributed by atoms with Crippen LogP contribution < -0.4 is 0 Å². The summed E-state index contributed by atoms with van der Waals surface area (Å²) in [6.45, 7) is 15.8. The number of benzene rings is 1. The molecular formula is C23H39N3. The third-order valence-corrected chi connectivity index (χ3v) is 7.26. The second kappa shape index (κ2) is 7.61. The number of piperidine rings is 1. The predicted octanol–water partition coefficient (Wildman–Crippen LogP) is 3.97. The molecule has 146 valence electrons. The van der Waals surface area contributed by atoms with Crippen molar-refractivity contribution in [3.05, 3.63) is 35.4 Å². The molecule has 0 atom stereocenters. The van der Waals surface area contributed by atoms with E-state index in [-0.39, 0.29) is 11.0 Å². The highest BCUT2D eigenvalue weighted by atomic mass is 15.3. The van der Waals surface area contributed by atoms with Gasteiger partial charge in [-0.2, -0.15) is 0 Å². The first-order valence-corrected chi connectivity index (χ1v) is 10.4. The molecule has 2 aliphatic heterocycles. The molecule has 3 nitrogen and oxygen atoms in total. The molecule has 2 saturated heterocycles. The van der Waals surface area contributed by atoms with Gasteiger partial charge in [-0.15, -0.1) is 0 Å². The van der Waals surface area contributed by atoms with Gasteiger partial charge >= 0.3 is 0 Å².